The SMILES string of the molecule is CCC(c1cccs1)N1CC2CCCN2CC1C(C)C. The number of hydrogen-bond donors (Lipinski definition) is 0. The quantitative estimate of drug-likeness (QED) is 0.827. The highest BCUT2D eigenvalue weighted by Crippen LogP contribution is 2.36. The predicted molar refractivity (Wildman–Crippen MR) is 87.3 cm³/mol. The van der Waals surface area contributed by atoms with Gasteiger partial charge in [-0.2, -0.15) is 0 Å². The second-order valence-corrected chi connectivity index (χ2v) is 7.72. The van der Waals surface area contributed by atoms with Crippen LogP contribution < -0.4 is 0 Å². The summed E-state index contributed by atoms with van der Waals surface area (Å²) in [5.74, 6) is 0.741. The summed E-state index contributed by atoms with van der Waals surface area (Å²) in [7, 11) is 0. The Morgan fingerprint density at radius 2 is 2.20 bits per heavy atom. The molecular weight excluding hydrogens is 264 g/mol. The minimum absolute atomic E-state index is 0.630. The molecule has 112 valence electrons. The van der Waals surface area contributed by atoms with Crippen LogP contribution in [0.5, 0.6) is 0 Å². The molecule has 20 heavy (non-hydrogen) atoms. The third kappa shape index (κ3) is 2.68. The van der Waals surface area contributed by atoms with Crippen LogP contribution in [0.3, 0.4) is 0 Å². The summed E-state index contributed by atoms with van der Waals surface area (Å²) in [6.45, 7) is 11.0. The van der Waals surface area contributed by atoms with Crippen molar-refractivity contribution in [3.05, 3.63) is 22.4 Å². The molecule has 3 unspecified atom stereocenters. The molecule has 2 aliphatic rings. The second-order valence-electron chi connectivity index (χ2n) is 6.74. The van der Waals surface area contributed by atoms with E-state index in [0.29, 0.717) is 6.04 Å². The Kier molecular flexibility index (Phi) is 4.49. The van der Waals surface area contributed by atoms with Crippen LogP contribution in [-0.2, 0) is 0 Å². The summed E-state index contributed by atoms with van der Waals surface area (Å²) in [6, 6.07) is 6.70. The zero-order valence-electron chi connectivity index (χ0n) is 13.1. The maximum absolute atomic E-state index is 2.84. The lowest BCUT2D eigenvalue weighted by atomic mass is 9.94. The zero-order chi connectivity index (χ0) is 14.1. The van der Waals surface area contributed by atoms with Crippen LogP contribution >= 0.6 is 11.3 Å². The highest BCUT2D eigenvalue weighted by atomic mass is 32.1. The lowest BCUT2D eigenvalue weighted by molar-refractivity contribution is -0.00104. The van der Waals surface area contributed by atoms with E-state index in [2.05, 4.69) is 48.1 Å². The Labute approximate surface area is 127 Å². The zero-order valence-corrected chi connectivity index (χ0v) is 13.9. The van der Waals surface area contributed by atoms with Gasteiger partial charge in [0.25, 0.3) is 0 Å². The topological polar surface area (TPSA) is 6.48 Å². The monoisotopic (exact) mass is 292 g/mol. The Hall–Kier alpha value is -0.380. The number of nitrogens with zero attached hydrogens (tertiary/aromatic N) is 2. The van der Waals surface area contributed by atoms with Gasteiger partial charge in [0, 0.05) is 36.1 Å². The van der Waals surface area contributed by atoms with E-state index in [0.717, 1.165) is 18.0 Å². The summed E-state index contributed by atoms with van der Waals surface area (Å²) >= 11 is 1.93. The Bertz CT molecular complexity index is 415. The van der Waals surface area contributed by atoms with Gasteiger partial charge >= 0.3 is 0 Å². The first kappa shape index (κ1) is 14.6. The van der Waals surface area contributed by atoms with Crippen molar-refractivity contribution in [1.82, 2.24) is 9.80 Å². The van der Waals surface area contributed by atoms with Crippen molar-refractivity contribution in [3.8, 4) is 0 Å². The normalized spacial score (nSPS) is 29.8. The first-order chi connectivity index (χ1) is 9.70. The molecule has 1 aromatic rings. The van der Waals surface area contributed by atoms with Crippen molar-refractivity contribution in [1.29, 1.82) is 0 Å². The minimum atomic E-state index is 0.630. The molecule has 2 fully saturated rings. The molecule has 0 radical (unpaired) electrons. The number of thiophene rings is 1. The van der Waals surface area contributed by atoms with E-state index in [1.807, 2.05) is 11.3 Å². The van der Waals surface area contributed by atoms with Crippen molar-refractivity contribution < 1.29 is 0 Å². The Morgan fingerprint density at radius 3 is 2.85 bits per heavy atom. The van der Waals surface area contributed by atoms with Crippen LogP contribution in [-0.4, -0.2) is 41.5 Å². The highest BCUT2D eigenvalue weighted by molar-refractivity contribution is 7.10. The molecule has 3 atom stereocenters. The summed E-state index contributed by atoms with van der Waals surface area (Å²) in [4.78, 5) is 7.15. The van der Waals surface area contributed by atoms with E-state index in [4.69, 9.17) is 0 Å². The van der Waals surface area contributed by atoms with E-state index >= 15 is 0 Å². The second kappa shape index (κ2) is 6.17. The molecule has 0 amide bonds. The van der Waals surface area contributed by atoms with Crippen LogP contribution in [0.15, 0.2) is 17.5 Å². The van der Waals surface area contributed by atoms with Crippen molar-refractivity contribution in [2.24, 2.45) is 5.92 Å². The molecule has 1 aromatic heterocycles. The maximum Gasteiger partial charge on any atom is 0.0443 e. The van der Waals surface area contributed by atoms with Gasteiger partial charge in [0.1, 0.15) is 0 Å². The largest absolute Gasteiger partial charge is 0.298 e. The number of piperazine rings is 1. The van der Waals surface area contributed by atoms with Gasteiger partial charge in [0.15, 0.2) is 0 Å². The number of fused-ring (bicyclic) bond motifs is 1. The molecule has 3 heteroatoms. The molecule has 2 saturated heterocycles. The van der Waals surface area contributed by atoms with E-state index in [-0.39, 0.29) is 0 Å². The minimum Gasteiger partial charge on any atom is -0.298 e. The molecular formula is C17H28N2S. The summed E-state index contributed by atoms with van der Waals surface area (Å²) < 4.78 is 0. The van der Waals surface area contributed by atoms with E-state index in [1.54, 1.807) is 4.88 Å². The molecule has 0 saturated carbocycles. The van der Waals surface area contributed by atoms with E-state index in [1.165, 1.54) is 38.9 Å². The van der Waals surface area contributed by atoms with Gasteiger partial charge in [-0.1, -0.05) is 26.8 Å². The van der Waals surface area contributed by atoms with E-state index < -0.39 is 0 Å². The van der Waals surface area contributed by atoms with Crippen LogP contribution in [0.25, 0.3) is 0 Å². The molecule has 2 nitrogen and oxygen atoms in total. The summed E-state index contributed by atoms with van der Waals surface area (Å²) in [6.07, 6.45) is 4.04. The molecule has 0 aliphatic carbocycles. The molecule has 0 N–H and O–H groups in total. The van der Waals surface area contributed by atoms with Crippen LogP contribution in [0.1, 0.15) is 51.0 Å². The molecule has 3 rings (SSSR count). The average molecular weight is 292 g/mol. The maximum atomic E-state index is 2.84. The van der Waals surface area contributed by atoms with E-state index in [9.17, 15) is 0 Å². The average Bonchev–Trinajstić information content (AvgIpc) is 3.08. The number of rotatable bonds is 4. The summed E-state index contributed by atoms with van der Waals surface area (Å²) in [5.41, 5.74) is 0. The summed E-state index contributed by atoms with van der Waals surface area (Å²) in [5, 5.41) is 2.23. The van der Waals surface area contributed by atoms with Crippen LogP contribution in [0.4, 0.5) is 0 Å². The fraction of sp³-hybridized carbons (Fsp3) is 0.765. The first-order valence-electron chi connectivity index (χ1n) is 8.24. The highest BCUT2D eigenvalue weighted by Gasteiger charge is 2.40. The van der Waals surface area contributed by atoms with Gasteiger partial charge in [-0.3, -0.25) is 9.80 Å². The first-order valence-corrected chi connectivity index (χ1v) is 9.11. The number of hydrogen-bond acceptors (Lipinski definition) is 3. The Balaban J connectivity index is 1.83. The third-order valence-electron chi connectivity index (χ3n) is 5.20. The fourth-order valence-corrected chi connectivity index (χ4v) is 5.03. The molecule has 0 aromatic carbocycles. The van der Waals surface area contributed by atoms with Crippen molar-refractivity contribution in [2.75, 3.05) is 19.6 Å². The van der Waals surface area contributed by atoms with Crippen LogP contribution in [0, 0.1) is 5.92 Å². The predicted octanol–water partition coefficient (Wildman–Crippen LogP) is 4.00. The van der Waals surface area contributed by atoms with Gasteiger partial charge in [-0.15, -0.1) is 11.3 Å². The Morgan fingerprint density at radius 1 is 1.35 bits per heavy atom. The van der Waals surface area contributed by atoms with Gasteiger partial charge in [0.2, 0.25) is 0 Å². The molecule has 0 spiro atoms. The lowest BCUT2D eigenvalue weighted by Crippen LogP contribution is -2.58. The molecule has 2 aliphatic heterocycles. The standard InChI is InChI=1S/C17H28N2S/c1-4-15(17-8-6-10-20-17)19-11-14-7-5-9-18(14)12-16(19)13(2)3/h6,8,10,13-16H,4-5,7,9,11-12H2,1-3H3. The van der Waals surface area contributed by atoms with Crippen molar-refractivity contribution in [2.45, 2.75) is 58.2 Å². The van der Waals surface area contributed by atoms with Gasteiger partial charge in [-0.25, -0.2) is 0 Å². The van der Waals surface area contributed by atoms with Gasteiger partial charge in [-0.05, 0) is 43.2 Å². The van der Waals surface area contributed by atoms with Crippen LogP contribution in [0.2, 0.25) is 0 Å². The van der Waals surface area contributed by atoms with Crippen molar-refractivity contribution in [3.63, 3.8) is 0 Å². The fourth-order valence-electron chi connectivity index (χ4n) is 4.10. The lowest BCUT2D eigenvalue weighted by Gasteiger charge is -2.48. The molecule has 3 heterocycles. The molecule has 0 bridgehead atoms. The smallest absolute Gasteiger partial charge is 0.0443 e. The third-order valence-corrected chi connectivity index (χ3v) is 6.17. The van der Waals surface area contributed by atoms with Crippen molar-refractivity contribution >= 4 is 11.3 Å². The van der Waals surface area contributed by atoms with Gasteiger partial charge in [0.05, 0.1) is 0 Å². The van der Waals surface area contributed by atoms with Gasteiger partial charge < -0.3 is 0 Å².